The first-order chi connectivity index (χ1) is 20.9. The van der Waals surface area contributed by atoms with E-state index in [1.54, 1.807) is 31.2 Å². The minimum Gasteiger partial charge on any atom is -0.385 e. The molecule has 1 N–H and O–H groups in total. The van der Waals surface area contributed by atoms with Gasteiger partial charge in [0, 0.05) is 17.0 Å². The summed E-state index contributed by atoms with van der Waals surface area (Å²) in [5.41, 5.74) is 6.09. The van der Waals surface area contributed by atoms with E-state index in [1.807, 2.05) is 41.0 Å². The second-order valence-corrected chi connectivity index (χ2v) is 11.7. The maximum absolute atomic E-state index is 13.4. The predicted octanol–water partition coefficient (Wildman–Crippen LogP) is 6.04. The average Bonchev–Trinajstić information content (AvgIpc) is 3.67. The van der Waals surface area contributed by atoms with Gasteiger partial charge >= 0.3 is 0 Å². The molecular weight excluding hydrogens is 568 g/mol. The molecule has 0 saturated carbocycles. The number of aromatic nitrogens is 5. The topological polar surface area (TPSA) is 85.8 Å². The highest BCUT2D eigenvalue weighted by Crippen LogP contribution is 2.28. The van der Waals surface area contributed by atoms with Crippen molar-refractivity contribution in [2.45, 2.75) is 63.0 Å². The minimum absolute atomic E-state index is 0.198. The fourth-order valence-electron chi connectivity index (χ4n) is 5.45. The lowest BCUT2D eigenvalue weighted by atomic mass is 10.0. The summed E-state index contributed by atoms with van der Waals surface area (Å²) in [6.07, 6.45) is 1.51. The summed E-state index contributed by atoms with van der Waals surface area (Å²) in [6, 6.07) is 21.8. The Hall–Kier alpha value is -4.15. The molecule has 5 aromatic rings. The molecule has 220 valence electrons. The first kappa shape index (κ1) is 28.9. The highest BCUT2D eigenvalue weighted by molar-refractivity contribution is 7.98. The zero-order valence-corrected chi connectivity index (χ0v) is 24.5. The third kappa shape index (κ3) is 6.30. The second kappa shape index (κ2) is 12.6. The van der Waals surface area contributed by atoms with Crippen LogP contribution < -0.4 is 5.56 Å². The number of hydrogen-bond acceptors (Lipinski definition) is 6. The van der Waals surface area contributed by atoms with Gasteiger partial charge in [-0.1, -0.05) is 72.4 Å². The van der Waals surface area contributed by atoms with Crippen molar-refractivity contribution >= 4 is 11.8 Å². The molecule has 1 aliphatic rings. The smallest absolute Gasteiger partial charge is 0.277 e. The van der Waals surface area contributed by atoms with E-state index in [9.17, 15) is 18.7 Å². The van der Waals surface area contributed by atoms with Gasteiger partial charge in [0.05, 0.1) is 13.1 Å². The summed E-state index contributed by atoms with van der Waals surface area (Å²) >= 11 is 1.43. The molecule has 0 spiro atoms. The van der Waals surface area contributed by atoms with Crippen LogP contribution in [-0.2, 0) is 38.4 Å². The number of halogens is 2. The summed E-state index contributed by atoms with van der Waals surface area (Å²) in [7, 11) is 0. The van der Waals surface area contributed by atoms with Crippen molar-refractivity contribution in [3.05, 3.63) is 129 Å². The molecule has 0 aliphatic heterocycles. The predicted molar refractivity (Wildman–Crippen MR) is 162 cm³/mol. The van der Waals surface area contributed by atoms with E-state index in [4.69, 9.17) is 0 Å². The summed E-state index contributed by atoms with van der Waals surface area (Å²) in [5.74, 6) is 1.33. The lowest BCUT2D eigenvalue weighted by molar-refractivity contribution is 0.183. The molecule has 2 aromatic heterocycles. The van der Waals surface area contributed by atoms with Crippen molar-refractivity contribution in [1.82, 2.24) is 24.3 Å². The molecule has 0 radical (unpaired) electrons. The summed E-state index contributed by atoms with van der Waals surface area (Å²) < 4.78 is 30.3. The van der Waals surface area contributed by atoms with E-state index in [-0.39, 0.29) is 11.4 Å². The number of benzene rings is 3. The molecule has 1 aliphatic carbocycles. The van der Waals surface area contributed by atoms with E-state index < -0.39 is 12.8 Å². The third-order valence-corrected chi connectivity index (χ3v) is 8.79. The van der Waals surface area contributed by atoms with E-state index in [2.05, 4.69) is 19.7 Å². The quantitative estimate of drug-likeness (QED) is 0.156. The molecule has 0 amide bonds. The van der Waals surface area contributed by atoms with Gasteiger partial charge in [-0.05, 0) is 66.1 Å². The van der Waals surface area contributed by atoms with Crippen LogP contribution in [0.25, 0.3) is 11.1 Å². The summed E-state index contributed by atoms with van der Waals surface area (Å²) in [5, 5.41) is 19.9. The fourth-order valence-corrected chi connectivity index (χ4v) is 6.41. The number of hydrogen-bond donors (Lipinski definition) is 1. The zero-order valence-electron chi connectivity index (χ0n) is 23.7. The molecular formula is C33H31F2N5O2S. The summed E-state index contributed by atoms with van der Waals surface area (Å²) in [4.78, 5) is 17.3. The van der Waals surface area contributed by atoms with Crippen LogP contribution in [0.15, 0.2) is 82.7 Å². The van der Waals surface area contributed by atoms with Crippen molar-refractivity contribution in [2.75, 3.05) is 0 Å². The Balaban J connectivity index is 1.30. The van der Waals surface area contributed by atoms with Crippen molar-refractivity contribution in [3.8, 4) is 11.1 Å². The largest absolute Gasteiger partial charge is 0.385 e. The average molecular weight is 600 g/mol. The van der Waals surface area contributed by atoms with Crippen LogP contribution in [0.5, 0.6) is 0 Å². The highest BCUT2D eigenvalue weighted by atomic mass is 32.2. The second-order valence-electron chi connectivity index (χ2n) is 10.7. The number of aliphatic hydroxyl groups is 1. The van der Waals surface area contributed by atoms with Gasteiger partial charge in [0.25, 0.3) is 5.56 Å². The van der Waals surface area contributed by atoms with Crippen molar-refractivity contribution in [2.24, 2.45) is 0 Å². The Morgan fingerprint density at radius 3 is 2.16 bits per heavy atom. The Morgan fingerprint density at radius 2 is 1.51 bits per heavy atom. The van der Waals surface area contributed by atoms with Gasteiger partial charge in [-0.2, -0.15) is 4.98 Å². The van der Waals surface area contributed by atoms with Crippen LogP contribution in [-0.4, -0.2) is 29.4 Å². The van der Waals surface area contributed by atoms with Gasteiger partial charge in [0.1, 0.15) is 18.6 Å². The van der Waals surface area contributed by atoms with Gasteiger partial charge in [-0.3, -0.25) is 4.79 Å². The molecule has 7 nitrogen and oxygen atoms in total. The van der Waals surface area contributed by atoms with E-state index in [0.29, 0.717) is 47.6 Å². The molecule has 1 unspecified atom stereocenters. The van der Waals surface area contributed by atoms with Crippen LogP contribution in [0, 0.1) is 5.82 Å². The Labute approximate surface area is 252 Å². The van der Waals surface area contributed by atoms with Crippen LogP contribution in [0.4, 0.5) is 8.78 Å². The Kier molecular flexibility index (Phi) is 8.49. The molecule has 6 rings (SSSR count). The molecule has 43 heavy (non-hydrogen) atoms. The molecule has 0 bridgehead atoms. The monoisotopic (exact) mass is 599 g/mol. The van der Waals surface area contributed by atoms with Crippen molar-refractivity contribution in [3.63, 3.8) is 0 Å². The van der Waals surface area contributed by atoms with E-state index >= 15 is 0 Å². The van der Waals surface area contributed by atoms with Gasteiger partial charge in [-0.25, -0.2) is 8.78 Å². The van der Waals surface area contributed by atoms with Gasteiger partial charge in [0.2, 0.25) is 0 Å². The first-order valence-electron chi connectivity index (χ1n) is 14.2. The van der Waals surface area contributed by atoms with Crippen molar-refractivity contribution in [1.29, 1.82) is 0 Å². The molecule has 0 saturated heterocycles. The molecule has 3 aromatic carbocycles. The maximum Gasteiger partial charge on any atom is 0.277 e. The zero-order chi connectivity index (χ0) is 29.9. The Morgan fingerprint density at radius 1 is 0.860 bits per heavy atom. The van der Waals surface area contributed by atoms with Gasteiger partial charge in [-0.15, -0.1) is 10.2 Å². The fraction of sp³-hybridized carbons (Fsp3) is 0.273. The lowest BCUT2D eigenvalue weighted by Crippen LogP contribution is -2.23. The van der Waals surface area contributed by atoms with E-state index in [0.717, 1.165) is 46.4 Å². The maximum atomic E-state index is 13.4. The normalized spacial score (nSPS) is 13.3. The highest BCUT2D eigenvalue weighted by Gasteiger charge is 2.24. The Bertz CT molecular complexity index is 1780. The van der Waals surface area contributed by atoms with Crippen LogP contribution >= 0.6 is 11.8 Å². The first-order valence-corrected chi connectivity index (χ1v) is 15.2. The number of aliphatic hydroxyl groups excluding tert-OH is 1. The van der Waals surface area contributed by atoms with Crippen LogP contribution in [0.3, 0.4) is 0 Å². The molecule has 1 atom stereocenters. The SMILES string of the molecule is CC(O)c1nnc(Cn2c(SCc3ccc(F)cc3)nc(=O)c3c2CCC3)n1Cc1ccc(-c2ccc(CF)cc2)cc1. The molecule has 10 heteroatoms. The number of fused-ring (bicyclic) bond motifs is 1. The number of nitrogens with zero attached hydrogens (tertiary/aromatic N) is 5. The summed E-state index contributed by atoms with van der Waals surface area (Å²) in [6.45, 7) is 1.95. The molecule has 0 fully saturated rings. The van der Waals surface area contributed by atoms with Crippen LogP contribution in [0.1, 0.15) is 59.0 Å². The lowest BCUT2D eigenvalue weighted by Gasteiger charge is -2.18. The number of thioether (sulfide) groups is 1. The van der Waals surface area contributed by atoms with E-state index in [1.165, 1.54) is 23.9 Å². The number of rotatable bonds is 10. The standard InChI is InChI=1S/C33H31F2N5O2S/c1-21(41)31-38-37-30(40(31)18-23-7-13-26(14-8-23)25-11-5-22(17-34)6-12-25)19-39-29-4-2-3-28(29)32(42)36-33(39)43-20-24-9-15-27(35)16-10-24/h5-16,21,41H,2-4,17-20H2,1H3. The van der Waals surface area contributed by atoms with Gasteiger partial charge in [0.15, 0.2) is 16.8 Å². The van der Waals surface area contributed by atoms with Gasteiger partial charge < -0.3 is 14.2 Å². The minimum atomic E-state index is -0.834. The molecule has 2 heterocycles. The van der Waals surface area contributed by atoms with Crippen molar-refractivity contribution < 1.29 is 13.9 Å². The third-order valence-electron chi connectivity index (χ3n) is 7.75. The number of alkyl halides is 1. The van der Waals surface area contributed by atoms with Crippen LogP contribution in [0.2, 0.25) is 0 Å².